The number of aryl methyl sites for hydroxylation is 1. The first kappa shape index (κ1) is 24.0. The van der Waals surface area contributed by atoms with E-state index >= 15 is 0 Å². The van der Waals surface area contributed by atoms with Crippen molar-refractivity contribution in [2.45, 2.75) is 20.0 Å². The molecule has 0 unspecified atom stereocenters. The lowest BCUT2D eigenvalue weighted by molar-refractivity contribution is -0.136. The number of anilines is 1. The van der Waals surface area contributed by atoms with Gasteiger partial charge in [0.15, 0.2) is 11.5 Å². The molecule has 0 saturated carbocycles. The summed E-state index contributed by atoms with van der Waals surface area (Å²) in [6, 6.07) is 22.0. The van der Waals surface area contributed by atoms with Gasteiger partial charge >= 0.3 is 11.8 Å². The number of carbonyl (C=O) groups is 2. The van der Waals surface area contributed by atoms with Crippen LogP contribution < -0.4 is 20.2 Å². The second kappa shape index (κ2) is 11.8. The van der Waals surface area contributed by atoms with Gasteiger partial charge in [0.1, 0.15) is 6.61 Å². The fraction of sp³-hybridized carbons (Fsp3) is 0.154. The molecule has 3 aromatic carbocycles. The number of hydrazone groups is 1. The number of ether oxygens (including phenoxy) is 2. The summed E-state index contributed by atoms with van der Waals surface area (Å²) in [5.41, 5.74) is 6.31. The number of nitriles is 1. The van der Waals surface area contributed by atoms with E-state index in [2.05, 4.69) is 15.8 Å². The highest BCUT2D eigenvalue weighted by Crippen LogP contribution is 2.28. The molecule has 0 bridgehead atoms. The van der Waals surface area contributed by atoms with Crippen LogP contribution in [0, 0.1) is 18.3 Å². The molecule has 0 aliphatic rings. The SMILES string of the molecule is COc1cc(C=NNC(=O)C(=O)Nc2ccc(CC#N)cc2)ccc1OCc1ccc(C)cc1. The number of rotatable bonds is 8. The Bertz CT molecular complexity index is 1210. The van der Waals surface area contributed by atoms with E-state index in [9.17, 15) is 9.59 Å². The van der Waals surface area contributed by atoms with E-state index in [1.807, 2.05) is 37.3 Å². The summed E-state index contributed by atoms with van der Waals surface area (Å²) in [5, 5.41) is 15.0. The molecule has 34 heavy (non-hydrogen) atoms. The van der Waals surface area contributed by atoms with Gasteiger partial charge in [-0.05, 0) is 53.9 Å². The second-order valence-corrected chi connectivity index (χ2v) is 7.37. The van der Waals surface area contributed by atoms with E-state index < -0.39 is 11.8 Å². The van der Waals surface area contributed by atoms with E-state index in [1.165, 1.54) is 18.9 Å². The monoisotopic (exact) mass is 456 g/mol. The van der Waals surface area contributed by atoms with Gasteiger partial charge in [-0.1, -0.05) is 42.0 Å². The Labute approximate surface area is 197 Å². The number of nitrogens with zero attached hydrogens (tertiary/aromatic N) is 2. The summed E-state index contributed by atoms with van der Waals surface area (Å²) in [6.45, 7) is 2.43. The Morgan fingerprint density at radius 2 is 1.68 bits per heavy atom. The van der Waals surface area contributed by atoms with Crippen LogP contribution in [0.4, 0.5) is 5.69 Å². The first-order chi connectivity index (χ1) is 16.5. The molecule has 172 valence electrons. The van der Waals surface area contributed by atoms with Crippen molar-refractivity contribution in [3.05, 3.63) is 89.0 Å². The van der Waals surface area contributed by atoms with Crippen LogP contribution in [0.1, 0.15) is 22.3 Å². The quantitative estimate of drug-likeness (QED) is 0.305. The highest BCUT2D eigenvalue weighted by Gasteiger charge is 2.13. The van der Waals surface area contributed by atoms with Crippen LogP contribution in [0.5, 0.6) is 11.5 Å². The fourth-order valence-electron chi connectivity index (χ4n) is 2.93. The molecule has 2 amide bonds. The summed E-state index contributed by atoms with van der Waals surface area (Å²) < 4.78 is 11.2. The molecule has 0 fully saturated rings. The first-order valence-electron chi connectivity index (χ1n) is 10.4. The third-order valence-electron chi connectivity index (χ3n) is 4.78. The maximum Gasteiger partial charge on any atom is 0.329 e. The van der Waals surface area contributed by atoms with Crippen LogP contribution in [0.3, 0.4) is 0 Å². The summed E-state index contributed by atoms with van der Waals surface area (Å²) in [6.07, 6.45) is 1.67. The molecule has 0 spiro atoms. The number of methoxy groups -OCH3 is 1. The normalized spacial score (nSPS) is 10.4. The minimum absolute atomic E-state index is 0.272. The summed E-state index contributed by atoms with van der Waals surface area (Å²) in [4.78, 5) is 24.0. The molecule has 0 radical (unpaired) electrons. The van der Waals surface area contributed by atoms with Crippen molar-refractivity contribution in [3.63, 3.8) is 0 Å². The van der Waals surface area contributed by atoms with Gasteiger partial charge < -0.3 is 14.8 Å². The van der Waals surface area contributed by atoms with Crippen molar-refractivity contribution in [3.8, 4) is 17.6 Å². The third kappa shape index (κ3) is 6.93. The predicted octanol–water partition coefficient (Wildman–Crippen LogP) is 3.74. The van der Waals surface area contributed by atoms with Crippen molar-refractivity contribution in [1.29, 1.82) is 5.26 Å². The van der Waals surface area contributed by atoms with E-state index in [0.717, 1.165) is 11.1 Å². The smallest absolute Gasteiger partial charge is 0.329 e. The maximum atomic E-state index is 12.0. The zero-order chi connectivity index (χ0) is 24.3. The molecular formula is C26H24N4O4. The van der Waals surface area contributed by atoms with Gasteiger partial charge in [-0.2, -0.15) is 10.4 Å². The molecule has 0 aliphatic carbocycles. The Kier molecular flexibility index (Phi) is 8.36. The van der Waals surface area contributed by atoms with Gasteiger partial charge in [0.05, 0.1) is 25.8 Å². The molecule has 0 heterocycles. The summed E-state index contributed by atoms with van der Waals surface area (Å²) in [7, 11) is 1.54. The van der Waals surface area contributed by atoms with E-state index in [4.69, 9.17) is 14.7 Å². The van der Waals surface area contributed by atoms with Crippen LogP contribution in [0.15, 0.2) is 71.8 Å². The molecule has 0 atom stereocenters. The minimum Gasteiger partial charge on any atom is -0.493 e. The Morgan fingerprint density at radius 3 is 2.35 bits per heavy atom. The van der Waals surface area contributed by atoms with Crippen molar-refractivity contribution < 1.29 is 19.1 Å². The van der Waals surface area contributed by atoms with Gasteiger partial charge in [-0.3, -0.25) is 9.59 Å². The largest absolute Gasteiger partial charge is 0.493 e. The molecule has 0 aliphatic heterocycles. The number of amides is 2. The molecule has 2 N–H and O–H groups in total. The maximum absolute atomic E-state index is 12.0. The second-order valence-electron chi connectivity index (χ2n) is 7.37. The van der Waals surface area contributed by atoms with Crippen molar-refractivity contribution in [2.24, 2.45) is 5.10 Å². The number of carbonyl (C=O) groups excluding carboxylic acids is 2. The van der Waals surface area contributed by atoms with E-state index in [1.54, 1.807) is 42.5 Å². The number of nitrogens with one attached hydrogen (secondary N) is 2. The molecule has 3 rings (SSSR count). The van der Waals surface area contributed by atoms with E-state index in [0.29, 0.717) is 29.4 Å². The molecule has 8 heteroatoms. The molecule has 8 nitrogen and oxygen atoms in total. The fourth-order valence-corrected chi connectivity index (χ4v) is 2.93. The lowest BCUT2D eigenvalue weighted by Crippen LogP contribution is -2.32. The number of hydrogen-bond acceptors (Lipinski definition) is 6. The average Bonchev–Trinajstić information content (AvgIpc) is 2.85. The average molecular weight is 457 g/mol. The van der Waals surface area contributed by atoms with Crippen molar-refractivity contribution >= 4 is 23.7 Å². The van der Waals surface area contributed by atoms with Gasteiger partial charge in [0.25, 0.3) is 0 Å². The summed E-state index contributed by atoms with van der Waals surface area (Å²) >= 11 is 0. The van der Waals surface area contributed by atoms with Crippen LogP contribution in [0.2, 0.25) is 0 Å². The number of benzene rings is 3. The predicted molar refractivity (Wildman–Crippen MR) is 129 cm³/mol. The van der Waals surface area contributed by atoms with Crippen LogP contribution in [-0.2, 0) is 22.6 Å². The van der Waals surface area contributed by atoms with Crippen LogP contribution in [0.25, 0.3) is 0 Å². The molecular weight excluding hydrogens is 432 g/mol. The lowest BCUT2D eigenvalue weighted by Gasteiger charge is -2.11. The van der Waals surface area contributed by atoms with Gasteiger partial charge in [-0.25, -0.2) is 5.43 Å². The highest BCUT2D eigenvalue weighted by molar-refractivity contribution is 6.39. The zero-order valence-electron chi connectivity index (χ0n) is 18.9. The van der Waals surface area contributed by atoms with Gasteiger partial charge in [-0.15, -0.1) is 0 Å². The Hall–Kier alpha value is -4.64. The molecule has 3 aromatic rings. The van der Waals surface area contributed by atoms with Gasteiger partial charge in [0, 0.05) is 5.69 Å². The van der Waals surface area contributed by atoms with Crippen molar-refractivity contribution in [1.82, 2.24) is 5.43 Å². The number of hydrogen-bond donors (Lipinski definition) is 2. The topological polar surface area (TPSA) is 113 Å². The van der Waals surface area contributed by atoms with Crippen molar-refractivity contribution in [2.75, 3.05) is 12.4 Å². The van der Waals surface area contributed by atoms with Crippen LogP contribution in [-0.4, -0.2) is 25.1 Å². The minimum atomic E-state index is -0.914. The molecule has 0 saturated heterocycles. The Balaban J connectivity index is 1.53. The standard InChI is InChI=1S/C26H24N4O4/c1-18-3-5-20(6-4-18)17-34-23-12-9-21(15-24(23)33-2)16-28-30-26(32)25(31)29-22-10-7-19(8-11-22)13-14-27/h3-12,15-16H,13,17H2,1-2H3,(H,29,31)(H,30,32). The van der Waals surface area contributed by atoms with Crippen LogP contribution >= 0.6 is 0 Å². The molecule has 0 aromatic heterocycles. The lowest BCUT2D eigenvalue weighted by atomic mass is 10.1. The Morgan fingerprint density at radius 1 is 0.971 bits per heavy atom. The summed E-state index contributed by atoms with van der Waals surface area (Å²) in [5.74, 6) is -0.686. The van der Waals surface area contributed by atoms with Gasteiger partial charge in [0.2, 0.25) is 0 Å². The zero-order valence-corrected chi connectivity index (χ0v) is 18.9. The van der Waals surface area contributed by atoms with E-state index in [-0.39, 0.29) is 6.42 Å². The highest BCUT2D eigenvalue weighted by atomic mass is 16.5. The third-order valence-corrected chi connectivity index (χ3v) is 4.78. The first-order valence-corrected chi connectivity index (χ1v) is 10.4.